The van der Waals surface area contributed by atoms with Crippen LogP contribution in [0.3, 0.4) is 0 Å². The van der Waals surface area contributed by atoms with Crippen LogP contribution in [0.4, 0.5) is 0 Å². The van der Waals surface area contributed by atoms with Crippen LogP contribution in [0.15, 0.2) is 18.2 Å². The third-order valence-corrected chi connectivity index (χ3v) is 5.25. The Morgan fingerprint density at radius 1 is 1.19 bits per heavy atom. The number of aromatic nitrogens is 3. The molecule has 0 saturated carbocycles. The average molecular weight is 370 g/mol. The topological polar surface area (TPSA) is 93.5 Å². The Hall–Kier alpha value is -2.65. The van der Waals surface area contributed by atoms with E-state index in [0.717, 1.165) is 28.7 Å². The fraction of sp³-hybridized carbons (Fsp3) is 0.500. The first-order valence-corrected chi connectivity index (χ1v) is 9.27. The summed E-state index contributed by atoms with van der Waals surface area (Å²) >= 11 is 0. The molecule has 2 atom stereocenters. The Kier molecular flexibility index (Phi) is 3.98. The summed E-state index contributed by atoms with van der Waals surface area (Å²) in [5.41, 5.74) is 7.48. The van der Waals surface area contributed by atoms with Crippen molar-refractivity contribution >= 4 is 5.91 Å². The molecule has 3 aliphatic heterocycles. The van der Waals surface area contributed by atoms with E-state index in [2.05, 4.69) is 20.9 Å². The molecule has 142 valence electrons. The van der Waals surface area contributed by atoms with E-state index in [1.165, 1.54) is 0 Å². The summed E-state index contributed by atoms with van der Waals surface area (Å²) < 4.78 is 13.1. The van der Waals surface area contributed by atoms with Gasteiger partial charge in [0.2, 0.25) is 5.91 Å². The standard InChI is InChI=1S/C18H22N6O3/c1-11-19-17-10-23(4-5-24(17)22-11)18(25)14-9-13(20-21-14)12-2-3-15-16(8-12)27-7-6-26-15/h2-3,8,13-14,20-21H,4-7,9-10H2,1H3. The van der Waals surface area contributed by atoms with Crippen LogP contribution < -0.4 is 20.3 Å². The van der Waals surface area contributed by atoms with E-state index in [0.29, 0.717) is 39.3 Å². The number of amides is 1. The van der Waals surface area contributed by atoms with Crippen molar-refractivity contribution in [1.82, 2.24) is 30.5 Å². The molecule has 9 heteroatoms. The van der Waals surface area contributed by atoms with E-state index in [1.54, 1.807) is 0 Å². The Balaban J connectivity index is 1.26. The number of hydrogen-bond donors (Lipinski definition) is 2. The first kappa shape index (κ1) is 16.5. The van der Waals surface area contributed by atoms with Crippen molar-refractivity contribution in [3.05, 3.63) is 35.4 Å². The smallest absolute Gasteiger partial charge is 0.241 e. The first-order valence-electron chi connectivity index (χ1n) is 9.27. The van der Waals surface area contributed by atoms with Gasteiger partial charge in [-0.15, -0.1) is 0 Å². The highest BCUT2D eigenvalue weighted by Gasteiger charge is 2.35. The van der Waals surface area contributed by atoms with Crippen molar-refractivity contribution in [3.8, 4) is 11.5 Å². The molecule has 5 rings (SSSR count). The summed E-state index contributed by atoms with van der Waals surface area (Å²) in [6, 6.07) is 5.73. The molecule has 0 radical (unpaired) electrons. The fourth-order valence-corrected chi connectivity index (χ4v) is 3.88. The zero-order valence-electron chi connectivity index (χ0n) is 15.1. The van der Waals surface area contributed by atoms with Crippen molar-refractivity contribution in [1.29, 1.82) is 0 Å². The predicted octanol–water partition coefficient (Wildman–Crippen LogP) is 0.308. The monoisotopic (exact) mass is 370 g/mol. The molecule has 1 aromatic heterocycles. The van der Waals surface area contributed by atoms with E-state index < -0.39 is 0 Å². The molecule has 0 spiro atoms. The van der Waals surface area contributed by atoms with Gasteiger partial charge >= 0.3 is 0 Å². The predicted molar refractivity (Wildman–Crippen MR) is 95.0 cm³/mol. The van der Waals surface area contributed by atoms with E-state index in [4.69, 9.17) is 9.47 Å². The Bertz CT molecular complexity index is 882. The molecule has 27 heavy (non-hydrogen) atoms. The van der Waals surface area contributed by atoms with Gasteiger partial charge in [-0.1, -0.05) is 6.07 Å². The van der Waals surface area contributed by atoms with Crippen LogP contribution in [-0.2, 0) is 17.9 Å². The van der Waals surface area contributed by atoms with Gasteiger partial charge < -0.3 is 14.4 Å². The van der Waals surface area contributed by atoms with E-state index >= 15 is 0 Å². The van der Waals surface area contributed by atoms with Gasteiger partial charge in [0, 0.05) is 12.6 Å². The highest BCUT2D eigenvalue weighted by Crippen LogP contribution is 2.34. The zero-order chi connectivity index (χ0) is 18.4. The summed E-state index contributed by atoms with van der Waals surface area (Å²) in [5.74, 6) is 3.23. The fourth-order valence-electron chi connectivity index (χ4n) is 3.88. The second kappa shape index (κ2) is 6.50. The van der Waals surface area contributed by atoms with Crippen molar-refractivity contribution in [2.24, 2.45) is 0 Å². The minimum atomic E-state index is -0.265. The number of hydrazine groups is 1. The van der Waals surface area contributed by atoms with Gasteiger partial charge in [0.05, 0.1) is 13.1 Å². The molecular weight excluding hydrogens is 348 g/mol. The largest absolute Gasteiger partial charge is 0.486 e. The number of carbonyl (C=O) groups is 1. The van der Waals surface area contributed by atoms with Crippen LogP contribution in [0.1, 0.15) is 29.7 Å². The summed E-state index contributed by atoms with van der Waals surface area (Å²) in [5, 5.41) is 4.35. The Morgan fingerprint density at radius 2 is 2.04 bits per heavy atom. The molecule has 0 aliphatic carbocycles. The summed E-state index contributed by atoms with van der Waals surface area (Å²) in [6.45, 7) is 4.86. The van der Waals surface area contributed by atoms with Crippen molar-refractivity contribution in [2.45, 2.75) is 38.5 Å². The lowest BCUT2D eigenvalue weighted by atomic mass is 10.0. The second-order valence-electron chi connectivity index (χ2n) is 7.09. The number of aryl methyl sites for hydroxylation is 1. The number of rotatable bonds is 2. The van der Waals surface area contributed by atoms with Crippen molar-refractivity contribution < 1.29 is 14.3 Å². The lowest BCUT2D eigenvalue weighted by molar-refractivity contribution is -0.134. The van der Waals surface area contributed by atoms with E-state index in [1.807, 2.05) is 34.7 Å². The SMILES string of the molecule is Cc1nc2n(n1)CCN(C(=O)C1CC(c3ccc4c(c3)OCCO4)NN1)C2. The van der Waals surface area contributed by atoms with Gasteiger partial charge in [-0.2, -0.15) is 5.10 Å². The van der Waals surface area contributed by atoms with Crippen LogP contribution in [0.25, 0.3) is 0 Å². The molecule has 1 amide bonds. The number of carbonyl (C=O) groups excluding carboxylic acids is 1. The molecule has 2 aromatic rings. The van der Waals surface area contributed by atoms with Gasteiger partial charge in [-0.25, -0.2) is 20.5 Å². The summed E-state index contributed by atoms with van der Waals surface area (Å²) in [7, 11) is 0. The van der Waals surface area contributed by atoms with Gasteiger partial charge in [0.1, 0.15) is 30.9 Å². The van der Waals surface area contributed by atoms with Gasteiger partial charge in [-0.3, -0.25) is 4.79 Å². The van der Waals surface area contributed by atoms with Crippen LogP contribution in [0.2, 0.25) is 0 Å². The van der Waals surface area contributed by atoms with Crippen LogP contribution >= 0.6 is 0 Å². The van der Waals surface area contributed by atoms with Crippen LogP contribution in [0.5, 0.6) is 11.5 Å². The highest BCUT2D eigenvalue weighted by molar-refractivity contribution is 5.82. The molecule has 0 bridgehead atoms. The van der Waals surface area contributed by atoms with E-state index in [-0.39, 0.29) is 18.0 Å². The number of nitrogens with zero attached hydrogens (tertiary/aromatic N) is 4. The molecule has 3 aliphatic rings. The van der Waals surface area contributed by atoms with Gasteiger partial charge in [0.25, 0.3) is 0 Å². The second-order valence-corrected chi connectivity index (χ2v) is 7.09. The highest BCUT2D eigenvalue weighted by atomic mass is 16.6. The Morgan fingerprint density at radius 3 is 2.93 bits per heavy atom. The molecule has 4 heterocycles. The number of fused-ring (bicyclic) bond motifs is 2. The summed E-state index contributed by atoms with van der Waals surface area (Å²) in [6.07, 6.45) is 0.681. The van der Waals surface area contributed by atoms with Crippen LogP contribution in [0, 0.1) is 6.92 Å². The molecule has 2 N–H and O–H groups in total. The maximum Gasteiger partial charge on any atom is 0.241 e. The van der Waals surface area contributed by atoms with E-state index in [9.17, 15) is 4.79 Å². The molecule has 1 aromatic carbocycles. The maximum atomic E-state index is 12.9. The first-order chi connectivity index (χ1) is 13.2. The number of nitrogens with one attached hydrogen (secondary N) is 2. The van der Waals surface area contributed by atoms with Gasteiger partial charge in [0.15, 0.2) is 11.5 Å². The number of benzene rings is 1. The van der Waals surface area contributed by atoms with Crippen molar-refractivity contribution in [2.75, 3.05) is 19.8 Å². The van der Waals surface area contributed by atoms with Crippen molar-refractivity contribution in [3.63, 3.8) is 0 Å². The Labute approximate surface area is 156 Å². The molecule has 9 nitrogen and oxygen atoms in total. The molecule has 1 fully saturated rings. The molecular formula is C18H22N6O3. The molecule has 2 unspecified atom stereocenters. The maximum absolute atomic E-state index is 12.9. The van der Waals surface area contributed by atoms with Gasteiger partial charge in [-0.05, 0) is 31.0 Å². The average Bonchev–Trinajstić information content (AvgIpc) is 3.32. The van der Waals surface area contributed by atoms with Crippen LogP contribution in [-0.4, -0.2) is 51.4 Å². The minimum absolute atomic E-state index is 0.0467. The number of ether oxygens (including phenoxy) is 2. The quantitative estimate of drug-likeness (QED) is 0.786. The third kappa shape index (κ3) is 3.02. The number of hydrogen-bond acceptors (Lipinski definition) is 7. The normalized spacial score (nSPS) is 24.0. The lowest BCUT2D eigenvalue weighted by Gasteiger charge is -2.28. The lowest BCUT2D eigenvalue weighted by Crippen LogP contribution is -2.48. The summed E-state index contributed by atoms with van der Waals surface area (Å²) in [4.78, 5) is 19.2. The zero-order valence-corrected chi connectivity index (χ0v) is 15.1. The molecule has 1 saturated heterocycles. The third-order valence-electron chi connectivity index (χ3n) is 5.25. The minimum Gasteiger partial charge on any atom is -0.486 e.